The van der Waals surface area contributed by atoms with Crippen molar-refractivity contribution in [2.75, 3.05) is 32.6 Å². The summed E-state index contributed by atoms with van der Waals surface area (Å²) in [6.45, 7) is 1.45. The highest BCUT2D eigenvalue weighted by molar-refractivity contribution is 6.12. The first-order valence-electron chi connectivity index (χ1n) is 9.43. The monoisotopic (exact) mass is 363 g/mol. The first-order valence-corrected chi connectivity index (χ1v) is 9.43. The minimum Gasteiger partial charge on any atom is -0.492 e. The number of para-hydroxylation sites is 1. The zero-order chi connectivity index (χ0) is 18.8. The molecule has 0 saturated carbocycles. The number of fused-ring (bicyclic) bond motifs is 3. The Labute approximate surface area is 159 Å². The summed E-state index contributed by atoms with van der Waals surface area (Å²) in [6.07, 6.45) is 3.35. The molecule has 0 fully saturated rings. The number of hydrogen-bond donors (Lipinski definition) is 2. The predicted molar refractivity (Wildman–Crippen MR) is 109 cm³/mol. The lowest BCUT2D eigenvalue weighted by molar-refractivity contribution is 0.102. The quantitative estimate of drug-likeness (QED) is 0.699. The number of carbonyl (C=O) groups excluding carboxylic acids is 1. The second-order valence-electron chi connectivity index (χ2n) is 7.30. The van der Waals surface area contributed by atoms with Gasteiger partial charge in [-0.25, -0.2) is 0 Å². The van der Waals surface area contributed by atoms with Crippen molar-refractivity contribution in [1.29, 1.82) is 0 Å². The molecule has 5 nitrogen and oxygen atoms in total. The van der Waals surface area contributed by atoms with Gasteiger partial charge >= 0.3 is 0 Å². The van der Waals surface area contributed by atoms with Crippen molar-refractivity contribution in [2.24, 2.45) is 0 Å². The number of hydrogen-bond acceptors (Lipinski definition) is 3. The third kappa shape index (κ3) is 3.69. The van der Waals surface area contributed by atoms with E-state index >= 15 is 0 Å². The maximum atomic E-state index is 12.9. The van der Waals surface area contributed by atoms with E-state index in [1.165, 1.54) is 23.1 Å². The van der Waals surface area contributed by atoms with Crippen LogP contribution < -0.4 is 10.1 Å². The summed E-state index contributed by atoms with van der Waals surface area (Å²) >= 11 is 0. The van der Waals surface area contributed by atoms with Crippen molar-refractivity contribution in [3.8, 4) is 5.75 Å². The fourth-order valence-electron chi connectivity index (χ4n) is 3.67. The Kier molecular flexibility index (Phi) is 4.86. The van der Waals surface area contributed by atoms with Gasteiger partial charge in [0.25, 0.3) is 5.91 Å². The standard InChI is InChI=1S/C22H25N3O2/c1-25(2)12-13-27-16-7-3-6-15(14-16)23-22(26)19-10-4-9-18-17-8-5-11-20(17)24-21(18)19/h3-4,6-7,9-10,14,24H,5,8,11-13H2,1-2H3,(H,23,26). The van der Waals surface area contributed by atoms with Crippen LogP contribution >= 0.6 is 0 Å². The number of benzene rings is 2. The van der Waals surface area contributed by atoms with Gasteiger partial charge in [0.05, 0.1) is 11.1 Å². The summed E-state index contributed by atoms with van der Waals surface area (Å²) in [4.78, 5) is 18.4. The SMILES string of the molecule is CN(C)CCOc1cccc(NC(=O)c2cccc3c4c([nH]c23)CCC4)c1. The van der Waals surface area contributed by atoms with Crippen LogP contribution in [0.3, 0.4) is 0 Å². The molecule has 0 aliphatic heterocycles. The van der Waals surface area contributed by atoms with E-state index in [1.807, 2.05) is 50.5 Å². The fourth-order valence-corrected chi connectivity index (χ4v) is 3.67. The van der Waals surface area contributed by atoms with E-state index in [0.717, 1.165) is 36.3 Å². The molecular formula is C22H25N3O2. The number of carbonyl (C=O) groups is 1. The average Bonchev–Trinajstić information content (AvgIpc) is 3.22. The van der Waals surface area contributed by atoms with E-state index < -0.39 is 0 Å². The molecule has 0 saturated heterocycles. The van der Waals surface area contributed by atoms with Gasteiger partial charge in [-0.3, -0.25) is 4.79 Å². The van der Waals surface area contributed by atoms with E-state index in [4.69, 9.17) is 4.74 Å². The second kappa shape index (κ2) is 7.45. The van der Waals surface area contributed by atoms with Crippen LogP contribution in [0.25, 0.3) is 10.9 Å². The molecule has 1 amide bonds. The minimum absolute atomic E-state index is 0.106. The number of rotatable bonds is 6. The van der Waals surface area contributed by atoms with Crippen molar-refractivity contribution in [3.05, 3.63) is 59.3 Å². The molecule has 1 aromatic heterocycles. The summed E-state index contributed by atoms with van der Waals surface area (Å²) in [7, 11) is 4.02. The zero-order valence-electron chi connectivity index (χ0n) is 15.8. The number of nitrogens with one attached hydrogen (secondary N) is 2. The van der Waals surface area contributed by atoms with Crippen LogP contribution in [0.2, 0.25) is 0 Å². The molecule has 0 atom stereocenters. The van der Waals surface area contributed by atoms with E-state index in [1.54, 1.807) is 0 Å². The van der Waals surface area contributed by atoms with Gasteiger partial charge in [0.1, 0.15) is 12.4 Å². The van der Waals surface area contributed by atoms with Gasteiger partial charge in [0, 0.05) is 29.4 Å². The maximum absolute atomic E-state index is 12.9. The summed E-state index contributed by atoms with van der Waals surface area (Å²) < 4.78 is 5.76. The Morgan fingerprint density at radius 2 is 2.04 bits per heavy atom. The summed E-state index contributed by atoms with van der Waals surface area (Å²) in [5, 5.41) is 4.18. The number of anilines is 1. The van der Waals surface area contributed by atoms with Crippen molar-refractivity contribution in [1.82, 2.24) is 9.88 Å². The zero-order valence-corrected chi connectivity index (χ0v) is 15.8. The van der Waals surface area contributed by atoms with Crippen LogP contribution in [0, 0.1) is 0 Å². The molecule has 4 rings (SSSR count). The highest BCUT2D eigenvalue weighted by Gasteiger charge is 2.20. The van der Waals surface area contributed by atoms with Crippen molar-refractivity contribution >= 4 is 22.5 Å². The highest BCUT2D eigenvalue weighted by Crippen LogP contribution is 2.31. The Morgan fingerprint density at radius 3 is 2.89 bits per heavy atom. The van der Waals surface area contributed by atoms with Gasteiger partial charge in [-0.2, -0.15) is 0 Å². The Bertz CT molecular complexity index is 975. The number of nitrogens with zero attached hydrogens (tertiary/aromatic N) is 1. The Hall–Kier alpha value is -2.79. The molecule has 0 radical (unpaired) electrons. The predicted octanol–water partition coefficient (Wildman–Crippen LogP) is 3.85. The van der Waals surface area contributed by atoms with Crippen molar-refractivity contribution in [2.45, 2.75) is 19.3 Å². The molecular weight excluding hydrogens is 338 g/mol. The maximum Gasteiger partial charge on any atom is 0.257 e. The number of amides is 1. The summed E-state index contributed by atoms with van der Waals surface area (Å²) in [5.74, 6) is 0.651. The Balaban J connectivity index is 1.52. The van der Waals surface area contributed by atoms with Gasteiger partial charge in [0.2, 0.25) is 0 Å². The minimum atomic E-state index is -0.106. The lowest BCUT2D eigenvalue weighted by atomic mass is 10.1. The third-order valence-electron chi connectivity index (χ3n) is 5.03. The topological polar surface area (TPSA) is 57.4 Å². The molecule has 1 aliphatic carbocycles. The van der Waals surface area contributed by atoms with E-state index in [-0.39, 0.29) is 5.91 Å². The van der Waals surface area contributed by atoms with Crippen molar-refractivity contribution < 1.29 is 9.53 Å². The lowest BCUT2D eigenvalue weighted by Crippen LogP contribution is -2.19. The molecule has 0 bridgehead atoms. The van der Waals surface area contributed by atoms with Gasteiger partial charge in [-0.1, -0.05) is 18.2 Å². The van der Waals surface area contributed by atoms with Crippen molar-refractivity contribution in [3.63, 3.8) is 0 Å². The average molecular weight is 363 g/mol. The molecule has 2 aromatic carbocycles. The fraction of sp³-hybridized carbons (Fsp3) is 0.318. The van der Waals surface area contributed by atoms with Gasteiger partial charge in [0.15, 0.2) is 0 Å². The number of ether oxygens (including phenoxy) is 1. The largest absolute Gasteiger partial charge is 0.492 e. The van der Waals surface area contributed by atoms with Crippen LogP contribution in [-0.4, -0.2) is 43.0 Å². The molecule has 27 heavy (non-hydrogen) atoms. The number of aromatic amines is 1. The normalized spacial score (nSPS) is 13.1. The number of aromatic nitrogens is 1. The third-order valence-corrected chi connectivity index (χ3v) is 5.03. The highest BCUT2D eigenvalue weighted by atomic mass is 16.5. The molecule has 140 valence electrons. The van der Waals surface area contributed by atoms with Crippen LogP contribution in [0.1, 0.15) is 28.0 Å². The smallest absolute Gasteiger partial charge is 0.257 e. The van der Waals surface area contributed by atoms with Gasteiger partial charge in [-0.05, 0) is 57.1 Å². The summed E-state index contributed by atoms with van der Waals surface area (Å²) in [5.41, 5.74) is 5.01. The number of likely N-dealkylation sites (N-methyl/N-ethyl adjacent to an activating group) is 1. The van der Waals surface area contributed by atoms with E-state index in [9.17, 15) is 4.79 Å². The first-order chi connectivity index (χ1) is 13.1. The second-order valence-corrected chi connectivity index (χ2v) is 7.30. The number of aryl methyl sites for hydroxylation is 2. The molecule has 1 aliphatic rings. The van der Waals surface area contributed by atoms with E-state index in [2.05, 4.69) is 21.3 Å². The van der Waals surface area contributed by atoms with Crippen LogP contribution in [0.5, 0.6) is 5.75 Å². The number of H-pyrrole nitrogens is 1. The lowest BCUT2D eigenvalue weighted by Gasteiger charge is -2.12. The van der Waals surface area contributed by atoms with Gasteiger partial charge < -0.3 is 19.9 Å². The summed E-state index contributed by atoms with van der Waals surface area (Å²) in [6, 6.07) is 13.5. The Morgan fingerprint density at radius 1 is 1.19 bits per heavy atom. The molecule has 1 heterocycles. The molecule has 3 aromatic rings. The molecule has 5 heteroatoms. The molecule has 0 spiro atoms. The van der Waals surface area contributed by atoms with E-state index in [0.29, 0.717) is 12.2 Å². The van der Waals surface area contributed by atoms with Gasteiger partial charge in [-0.15, -0.1) is 0 Å². The molecule has 2 N–H and O–H groups in total. The van der Waals surface area contributed by atoms with Crippen LogP contribution in [0.4, 0.5) is 5.69 Å². The first kappa shape index (κ1) is 17.6. The molecule has 0 unspecified atom stereocenters. The van der Waals surface area contributed by atoms with Crippen LogP contribution in [-0.2, 0) is 12.8 Å². The van der Waals surface area contributed by atoms with Crippen LogP contribution in [0.15, 0.2) is 42.5 Å².